The lowest BCUT2D eigenvalue weighted by Gasteiger charge is -2.33. The number of nitrogens with one attached hydrogen (secondary N) is 2. The first-order valence-corrected chi connectivity index (χ1v) is 9.02. The molecule has 4 rings (SSSR count). The number of imidazole rings is 1. The smallest absolute Gasteiger partial charge is 0.0991 e. The van der Waals surface area contributed by atoms with Crippen LogP contribution in [0.4, 0.5) is 0 Å². The summed E-state index contributed by atoms with van der Waals surface area (Å²) in [6.07, 6.45) is 9.55. The summed E-state index contributed by atoms with van der Waals surface area (Å²) in [4.78, 5) is 4.17. The molecule has 2 aromatic rings. The normalized spacial score (nSPS) is 26.3. The SMILES string of the molecule is Cl.c1ccc(-n2ccnc2)c(CNC2CCCC2C2COCCN2)c1. The predicted octanol–water partition coefficient (Wildman–Crippen LogP) is 2.54. The van der Waals surface area contributed by atoms with Crippen molar-refractivity contribution in [1.29, 1.82) is 0 Å². The van der Waals surface area contributed by atoms with E-state index in [0.29, 0.717) is 18.0 Å². The summed E-state index contributed by atoms with van der Waals surface area (Å²) in [6.45, 7) is 3.58. The van der Waals surface area contributed by atoms with E-state index in [1.54, 1.807) is 0 Å². The monoisotopic (exact) mass is 362 g/mol. The average Bonchev–Trinajstić information content (AvgIpc) is 3.33. The summed E-state index contributed by atoms with van der Waals surface area (Å²) in [5, 5.41) is 7.46. The van der Waals surface area contributed by atoms with E-state index in [2.05, 4.69) is 44.5 Å². The molecule has 2 fully saturated rings. The molecule has 1 aliphatic heterocycles. The number of rotatable bonds is 5. The van der Waals surface area contributed by atoms with Gasteiger partial charge in [0.25, 0.3) is 0 Å². The van der Waals surface area contributed by atoms with Crippen molar-refractivity contribution in [2.45, 2.75) is 37.9 Å². The van der Waals surface area contributed by atoms with Crippen molar-refractivity contribution in [3.05, 3.63) is 48.5 Å². The van der Waals surface area contributed by atoms with E-state index < -0.39 is 0 Å². The Labute approximate surface area is 155 Å². The fraction of sp³-hybridized carbons (Fsp3) is 0.526. The van der Waals surface area contributed by atoms with Crippen LogP contribution in [-0.4, -0.2) is 41.4 Å². The summed E-state index contributed by atoms with van der Waals surface area (Å²) in [5.74, 6) is 0.672. The highest BCUT2D eigenvalue weighted by atomic mass is 35.5. The molecule has 3 unspecified atom stereocenters. The molecule has 3 atom stereocenters. The van der Waals surface area contributed by atoms with Crippen LogP contribution >= 0.6 is 12.4 Å². The molecule has 2 aliphatic rings. The molecule has 1 saturated heterocycles. The van der Waals surface area contributed by atoms with E-state index in [1.165, 1.54) is 30.5 Å². The third-order valence-corrected chi connectivity index (χ3v) is 5.37. The second kappa shape index (κ2) is 8.81. The first-order chi connectivity index (χ1) is 11.9. The molecule has 5 nitrogen and oxygen atoms in total. The van der Waals surface area contributed by atoms with E-state index in [-0.39, 0.29) is 12.4 Å². The first-order valence-electron chi connectivity index (χ1n) is 9.02. The molecule has 1 saturated carbocycles. The van der Waals surface area contributed by atoms with Crippen LogP contribution in [0.2, 0.25) is 0 Å². The van der Waals surface area contributed by atoms with Crippen LogP contribution in [0.5, 0.6) is 0 Å². The zero-order valence-corrected chi connectivity index (χ0v) is 15.3. The van der Waals surface area contributed by atoms with Crippen LogP contribution < -0.4 is 10.6 Å². The lowest BCUT2D eigenvalue weighted by atomic mass is 9.94. The van der Waals surface area contributed by atoms with Gasteiger partial charge in [-0.1, -0.05) is 24.6 Å². The van der Waals surface area contributed by atoms with Gasteiger partial charge >= 0.3 is 0 Å². The molecule has 6 heteroatoms. The van der Waals surface area contributed by atoms with Gasteiger partial charge in [0.05, 0.1) is 25.2 Å². The quantitative estimate of drug-likeness (QED) is 0.858. The number of nitrogens with zero attached hydrogens (tertiary/aromatic N) is 2. The Balaban J connectivity index is 0.00000182. The van der Waals surface area contributed by atoms with Crippen molar-refractivity contribution in [1.82, 2.24) is 20.2 Å². The van der Waals surface area contributed by atoms with Gasteiger partial charge in [0.2, 0.25) is 0 Å². The first kappa shape index (κ1) is 18.4. The standard InChI is InChI=1S/C19H26N4O.ClH/c1-2-7-19(23-10-8-20-14-23)15(4-1)12-22-17-6-3-5-16(17)18-13-24-11-9-21-18;/h1-2,4,7-8,10,14,16-18,21-22H,3,5-6,9,11-13H2;1H. The summed E-state index contributed by atoms with van der Waals surface area (Å²) in [7, 11) is 0. The largest absolute Gasteiger partial charge is 0.379 e. The van der Waals surface area contributed by atoms with Gasteiger partial charge in [-0.2, -0.15) is 0 Å². The average molecular weight is 363 g/mol. The number of ether oxygens (including phenoxy) is 1. The predicted molar refractivity (Wildman–Crippen MR) is 101 cm³/mol. The van der Waals surface area contributed by atoms with Crippen LogP contribution in [0.25, 0.3) is 5.69 Å². The molecule has 1 aliphatic carbocycles. The number of para-hydroxylation sites is 1. The zero-order chi connectivity index (χ0) is 16.2. The Morgan fingerprint density at radius 1 is 1.28 bits per heavy atom. The van der Waals surface area contributed by atoms with Crippen molar-refractivity contribution in [3.8, 4) is 5.69 Å². The van der Waals surface area contributed by atoms with Gasteiger partial charge in [0.1, 0.15) is 0 Å². The second-order valence-corrected chi connectivity index (χ2v) is 6.82. The van der Waals surface area contributed by atoms with Crippen LogP contribution in [-0.2, 0) is 11.3 Å². The lowest BCUT2D eigenvalue weighted by Crippen LogP contribution is -2.50. The van der Waals surface area contributed by atoms with E-state index in [0.717, 1.165) is 26.3 Å². The minimum Gasteiger partial charge on any atom is -0.379 e. The number of morpholine rings is 1. The maximum absolute atomic E-state index is 5.67. The van der Waals surface area contributed by atoms with E-state index >= 15 is 0 Å². The highest BCUT2D eigenvalue weighted by Crippen LogP contribution is 2.30. The van der Waals surface area contributed by atoms with E-state index in [9.17, 15) is 0 Å². The van der Waals surface area contributed by atoms with Gasteiger partial charge in [-0.25, -0.2) is 4.98 Å². The van der Waals surface area contributed by atoms with Gasteiger partial charge in [0, 0.05) is 37.6 Å². The molecule has 25 heavy (non-hydrogen) atoms. The molecule has 1 aromatic carbocycles. The minimum absolute atomic E-state index is 0. The summed E-state index contributed by atoms with van der Waals surface area (Å²) in [6, 6.07) is 9.62. The fourth-order valence-corrected chi connectivity index (χ4v) is 4.14. The molecular weight excluding hydrogens is 336 g/mol. The Morgan fingerprint density at radius 3 is 3.00 bits per heavy atom. The highest BCUT2D eigenvalue weighted by Gasteiger charge is 2.34. The highest BCUT2D eigenvalue weighted by molar-refractivity contribution is 5.85. The van der Waals surface area contributed by atoms with Crippen molar-refractivity contribution in [2.24, 2.45) is 5.92 Å². The Hall–Kier alpha value is -1.40. The number of halogens is 1. The lowest BCUT2D eigenvalue weighted by molar-refractivity contribution is 0.0524. The number of hydrogen-bond donors (Lipinski definition) is 2. The van der Waals surface area contributed by atoms with Gasteiger partial charge in [-0.15, -0.1) is 12.4 Å². The second-order valence-electron chi connectivity index (χ2n) is 6.82. The van der Waals surface area contributed by atoms with Gasteiger partial charge in [-0.3, -0.25) is 0 Å². The third-order valence-electron chi connectivity index (χ3n) is 5.37. The van der Waals surface area contributed by atoms with Crippen LogP contribution in [0, 0.1) is 5.92 Å². The molecule has 136 valence electrons. The van der Waals surface area contributed by atoms with Crippen molar-refractivity contribution in [2.75, 3.05) is 19.8 Å². The van der Waals surface area contributed by atoms with Crippen molar-refractivity contribution >= 4 is 12.4 Å². The van der Waals surface area contributed by atoms with E-state index in [4.69, 9.17) is 4.74 Å². The number of aromatic nitrogens is 2. The Bertz CT molecular complexity index is 643. The molecule has 0 bridgehead atoms. The maximum atomic E-state index is 5.67. The summed E-state index contributed by atoms with van der Waals surface area (Å²) >= 11 is 0. The number of hydrogen-bond acceptors (Lipinski definition) is 4. The minimum atomic E-state index is 0. The van der Waals surface area contributed by atoms with Crippen LogP contribution in [0.1, 0.15) is 24.8 Å². The third kappa shape index (κ3) is 4.23. The van der Waals surface area contributed by atoms with Crippen molar-refractivity contribution < 1.29 is 4.74 Å². The molecule has 2 heterocycles. The fourth-order valence-electron chi connectivity index (χ4n) is 4.14. The molecule has 1 aromatic heterocycles. The molecule has 0 radical (unpaired) electrons. The van der Waals surface area contributed by atoms with Crippen molar-refractivity contribution in [3.63, 3.8) is 0 Å². The molecule has 0 spiro atoms. The van der Waals surface area contributed by atoms with Crippen LogP contribution in [0.15, 0.2) is 43.0 Å². The number of benzene rings is 1. The van der Waals surface area contributed by atoms with E-state index in [1.807, 2.05) is 18.7 Å². The molecule has 2 N–H and O–H groups in total. The zero-order valence-electron chi connectivity index (χ0n) is 14.4. The Kier molecular flexibility index (Phi) is 6.48. The van der Waals surface area contributed by atoms with Crippen LogP contribution in [0.3, 0.4) is 0 Å². The maximum Gasteiger partial charge on any atom is 0.0991 e. The van der Waals surface area contributed by atoms with Gasteiger partial charge in [-0.05, 0) is 30.4 Å². The molecular formula is C19H27ClN4O. The molecule has 0 amide bonds. The topological polar surface area (TPSA) is 51.1 Å². The van der Waals surface area contributed by atoms with Gasteiger partial charge < -0.3 is 19.9 Å². The Morgan fingerprint density at radius 2 is 2.20 bits per heavy atom. The summed E-state index contributed by atoms with van der Waals surface area (Å²) < 4.78 is 7.76. The van der Waals surface area contributed by atoms with Gasteiger partial charge in [0.15, 0.2) is 0 Å². The summed E-state index contributed by atoms with van der Waals surface area (Å²) in [5.41, 5.74) is 2.52.